The first-order valence-electron chi connectivity index (χ1n) is 12.9. The van der Waals surface area contributed by atoms with Gasteiger partial charge in [0.15, 0.2) is 0 Å². The van der Waals surface area contributed by atoms with Crippen LogP contribution in [-0.2, 0) is 0 Å². The fraction of sp³-hybridized carbons (Fsp3) is 0.0286. The number of methoxy groups -OCH3 is 1. The van der Waals surface area contributed by atoms with Crippen LogP contribution in [0.3, 0.4) is 0 Å². The summed E-state index contributed by atoms with van der Waals surface area (Å²) in [5.41, 5.74) is 9.43. The Hall–Kier alpha value is -5.02. The van der Waals surface area contributed by atoms with Gasteiger partial charge >= 0.3 is 0 Å². The molecular weight excluding hydrogens is 464 g/mol. The third-order valence-corrected chi connectivity index (χ3v) is 7.78. The summed E-state index contributed by atoms with van der Waals surface area (Å²) >= 11 is 0. The average Bonchev–Trinajstić information content (AvgIpc) is 3.51. The number of nitrogens with zero attached hydrogens (tertiary/aromatic N) is 2. The van der Waals surface area contributed by atoms with E-state index in [2.05, 4.69) is 137 Å². The van der Waals surface area contributed by atoms with Crippen LogP contribution in [0, 0.1) is 0 Å². The Labute approximate surface area is 220 Å². The van der Waals surface area contributed by atoms with Crippen molar-refractivity contribution in [2.75, 3.05) is 12.0 Å². The smallest absolute Gasteiger partial charge is 0.127 e. The summed E-state index contributed by atoms with van der Waals surface area (Å²) in [5.74, 6) is 0.928. The summed E-state index contributed by atoms with van der Waals surface area (Å²) in [4.78, 5) is 2.29. The highest BCUT2D eigenvalue weighted by molar-refractivity contribution is 6.34. The Bertz CT molecular complexity index is 1950. The molecule has 0 unspecified atom stereocenters. The molecule has 0 amide bonds. The molecule has 0 saturated heterocycles. The van der Waals surface area contributed by atoms with Crippen molar-refractivity contribution in [2.45, 2.75) is 0 Å². The molecule has 7 aromatic rings. The van der Waals surface area contributed by atoms with E-state index in [0.717, 1.165) is 28.5 Å². The molecule has 0 fully saturated rings. The molecule has 180 valence electrons. The van der Waals surface area contributed by atoms with Crippen molar-refractivity contribution in [3.8, 4) is 22.6 Å². The number of anilines is 3. The minimum Gasteiger partial charge on any atom is -0.496 e. The van der Waals surface area contributed by atoms with Crippen LogP contribution in [0.15, 0.2) is 127 Å². The van der Waals surface area contributed by atoms with Crippen LogP contribution in [0.25, 0.3) is 49.4 Å². The highest BCUT2D eigenvalue weighted by Crippen LogP contribution is 2.53. The third kappa shape index (κ3) is 2.84. The fourth-order valence-electron chi connectivity index (χ4n) is 6.23. The van der Waals surface area contributed by atoms with Crippen molar-refractivity contribution in [3.63, 3.8) is 0 Å². The molecule has 38 heavy (non-hydrogen) atoms. The molecule has 3 nitrogen and oxygen atoms in total. The van der Waals surface area contributed by atoms with Crippen LogP contribution in [0.2, 0.25) is 0 Å². The molecule has 1 aliphatic rings. The standard InChI is InChI=1S/C35H24N2O/c1-38-31-22-21-30-35-33(31)28-14-8-9-23-15-20-29(34(35)32(23)28)37(30)27-18-16-26(17-19-27)36(24-10-4-2-5-11-24)25-12-6-3-7-13-25/h2-22H,1H3. The van der Waals surface area contributed by atoms with Crippen molar-refractivity contribution >= 4 is 49.6 Å². The lowest BCUT2D eigenvalue weighted by Gasteiger charge is -2.25. The van der Waals surface area contributed by atoms with Gasteiger partial charge in [-0.2, -0.15) is 0 Å². The molecular formula is C35H24N2O. The van der Waals surface area contributed by atoms with Gasteiger partial charge in [-0.25, -0.2) is 0 Å². The number of aromatic nitrogens is 1. The van der Waals surface area contributed by atoms with Crippen molar-refractivity contribution < 1.29 is 4.74 Å². The molecule has 0 saturated carbocycles. The van der Waals surface area contributed by atoms with Gasteiger partial charge in [0.1, 0.15) is 5.75 Å². The Kier molecular flexibility index (Phi) is 4.44. The van der Waals surface area contributed by atoms with Gasteiger partial charge in [-0.3, -0.25) is 0 Å². The second-order valence-electron chi connectivity index (χ2n) is 9.76. The number of hydrogen-bond acceptors (Lipinski definition) is 2. The molecule has 1 aliphatic carbocycles. The van der Waals surface area contributed by atoms with Crippen molar-refractivity contribution in [1.29, 1.82) is 0 Å². The number of ether oxygens (including phenoxy) is 1. The number of benzene rings is 6. The summed E-state index contributed by atoms with van der Waals surface area (Å²) < 4.78 is 8.23. The van der Waals surface area contributed by atoms with Gasteiger partial charge in [0.25, 0.3) is 0 Å². The molecule has 8 rings (SSSR count). The van der Waals surface area contributed by atoms with Crippen molar-refractivity contribution in [2.24, 2.45) is 0 Å². The highest BCUT2D eigenvalue weighted by atomic mass is 16.5. The number of hydrogen-bond donors (Lipinski definition) is 0. The molecule has 0 N–H and O–H groups in total. The molecule has 0 atom stereocenters. The molecule has 0 spiro atoms. The quantitative estimate of drug-likeness (QED) is 0.240. The maximum Gasteiger partial charge on any atom is 0.127 e. The van der Waals surface area contributed by atoms with Gasteiger partial charge in [0.2, 0.25) is 0 Å². The van der Waals surface area contributed by atoms with E-state index in [9.17, 15) is 0 Å². The number of fused-ring (bicyclic) bond motifs is 1. The Morgan fingerprint density at radius 1 is 0.526 bits per heavy atom. The molecule has 0 bridgehead atoms. The van der Waals surface area contributed by atoms with Crippen LogP contribution in [0.4, 0.5) is 17.1 Å². The molecule has 0 aliphatic heterocycles. The lowest BCUT2D eigenvalue weighted by atomic mass is 10.0. The number of rotatable bonds is 5. The van der Waals surface area contributed by atoms with E-state index in [0.29, 0.717) is 0 Å². The largest absolute Gasteiger partial charge is 0.496 e. The zero-order valence-electron chi connectivity index (χ0n) is 20.9. The second kappa shape index (κ2) is 7.99. The predicted octanol–water partition coefficient (Wildman–Crippen LogP) is 9.40. The lowest BCUT2D eigenvalue weighted by Crippen LogP contribution is -2.09. The molecule has 1 heterocycles. The van der Waals surface area contributed by atoms with E-state index in [1.54, 1.807) is 7.11 Å². The monoisotopic (exact) mass is 488 g/mol. The summed E-state index contributed by atoms with van der Waals surface area (Å²) in [5, 5.41) is 5.19. The first-order valence-corrected chi connectivity index (χ1v) is 12.9. The van der Waals surface area contributed by atoms with Crippen molar-refractivity contribution in [3.05, 3.63) is 127 Å². The van der Waals surface area contributed by atoms with Crippen LogP contribution < -0.4 is 9.64 Å². The normalized spacial score (nSPS) is 11.8. The van der Waals surface area contributed by atoms with Crippen LogP contribution in [0.1, 0.15) is 0 Å². The zero-order valence-corrected chi connectivity index (χ0v) is 20.9. The van der Waals surface area contributed by atoms with E-state index in [-0.39, 0.29) is 0 Å². The van der Waals surface area contributed by atoms with E-state index in [1.807, 2.05) is 0 Å². The van der Waals surface area contributed by atoms with Gasteiger partial charge in [0.05, 0.1) is 18.1 Å². The first-order chi connectivity index (χ1) is 18.8. The lowest BCUT2D eigenvalue weighted by molar-refractivity contribution is 0.417. The summed E-state index contributed by atoms with van der Waals surface area (Å²) in [6.07, 6.45) is 0. The third-order valence-electron chi connectivity index (χ3n) is 7.78. The molecule has 3 heteroatoms. The van der Waals surface area contributed by atoms with Gasteiger partial charge in [0, 0.05) is 39.1 Å². The highest BCUT2D eigenvalue weighted by Gasteiger charge is 2.27. The zero-order chi connectivity index (χ0) is 25.2. The minimum atomic E-state index is 0.928. The minimum absolute atomic E-state index is 0.928. The van der Waals surface area contributed by atoms with Crippen molar-refractivity contribution in [1.82, 2.24) is 4.57 Å². The maximum atomic E-state index is 5.84. The average molecular weight is 489 g/mol. The van der Waals surface area contributed by atoms with Gasteiger partial charge in [-0.05, 0) is 83.1 Å². The summed E-state index contributed by atoms with van der Waals surface area (Å²) in [7, 11) is 1.76. The fourth-order valence-corrected chi connectivity index (χ4v) is 6.23. The SMILES string of the molecule is COc1ccc2c3c1-c1cccc4ccc(c3c14)n2-c1ccc(N(c2ccccc2)c2ccccc2)cc1. The van der Waals surface area contributed by atoms with E-state index in [1.165, 1.54) is 43.7 Å². The molecule has 1 aromatic heterocycles. The van der Waals surface area contributed by atoms with Gasteiger partial charge in [-0.15, -0.1) is 0 Å². The maximum absolute atomic E-state index is 5.84. The Morgan fingerprint density at radius 2 is 1.16 bits per heavy atom. The second-order valence-corrected chi connectivity index (χ2v) is 9.76. The first kappa shape index (κ1) is 21.1. The van der Waals surface area contributed by atoms with E-state index < -0.39 is 0 Å². The van der Waals surface area contributed by atoms with E-state index in [4.69, 9.17) is 4.74 Å². The summed E-state index contributed by atoms with van der Waals surface area (Å²) in [6.45, 7) is 0. The Balaban J connectivity index is 1.34. The topological polar surface area (TPSA) is 17.4 Å². The van der Waals surface area contributed by atoms with E-state index >= 15 is 0 Å². The van der Waals surface area contributed by atoms with Crippen LogP contribution in [-0.4, -0.2) is 11.7 Å². The Morgan fingerprint density at radius 3 is 1.84 bits per heavy atom. The van der Waals surface area contributed by atoms with Crippen LogP contribution in [0.5, 0.6) is 5.75 Å². The molecule has 0 radical (unpaired) electrons. The molecule has 6 aromatic carbocycles. The van der Waals surface area contributed by atoms with Gasteiger partial charge in [-0.1, -0.05) is 60.7 Å². The summed E-state index contributed by atoms with van der Waals surface area (Å²) in [6, 6.07) is 45.3. The number of para-hydroxylation sites is 2. The van der Waals surface area contributed by atoms with Crippen LogP contribution >= 0.6 is 0 Å². The van der Waals surface area contributed by atoms with Gasteiger partial charge < -0.3 is 14.2 Å². The predicted molar refractivity (Wildman–Crippen MR) is 159 cm³/mol.